The molecular weight excluding hydrogens is 272 g/mol. The van der Waals surface area contributed by atoms with Gasteiger partial charge in [-0.05, 0) is 31.0 Å². The Bertz CT molecular complexity index is 419. The van der Waals surface area contributed by atoms with E-state index >= 15 is 0 Å². The Morgan fingerprint density at radius 1 is 1.14 bits per heavy atom. The molecule has 1 atom stereocenters. The van der Waals surface area contributed by atoms with Crippen LogP contribution in [0.2, 0.25) is 0 Å². The molecule has 5 nitrogen and oxygen atoms in total. The fourth-order valence-corrected chi connectivity index (χ4v) is 2.02. The van der Waals surface area contributed by atoms with E-state index in [9.17, 15) is 9.90 Å². The Hall–Kier alpha value is -1.59. The minimum absolute atomic E-state index is 0.238. The summed E-state index contributed by atoms with van der Waals surface area (Å²) >= 11 is 0. The molecule has 0 aliphatic rings. The molecule has 0 bridgehead atoms. The van der Waals surface area contributed by atoms with E-state index in [0.717, 1.165) is 38.4 Å². The summed E-state index contributed by atoms with van der Waals surface area (Å²) in [5, 5.41) is 18.5. The van der Waals surface area contributed by atoms with Gasteiger partial charge in [0, 0.05) is 18.6 Å². The van der Waals surface area contributed by atoms with Crippen molar-refractivity contribution in [2.24, 2.45) is 0 Å². The van der Waals surface area contributed by atoms with Gasteiger partial charge in [-0.15, -0.1) is 0 Å². The second kappa shape index (κ2) is 10.2. The van der Waals surface area contributed by atoms with Gasteiger partial charge in [-0.1, -0.05) is 19.3 Å². The maximum Gasteiger partial charge on any atom is 0.197 e. The molecule has 0 amide bonds. The molecule has 0 saturated heterocycles. The molecule has 1 rings (SSSR count). The van der Waals surface area contributed by atoms with Crippen molar-refractivity contribution in [1.29, 1.82) is 0 Å². The average Bonchev–Trinajstić information content (AvgIpc) is 2.51. The number of ether oxygens (including phenoxy) is 2. The Morgan fingerprint density at radius 3 is 2.52 bits per heavy atom. The van der Waals surface area contributed by atoms with Crippen LogP contribution in [0.3, 0.4) is 0 Å². The molecule has 0 radical (unpaired) electrons. The van der Waals surface area contributed by atoms with Crippen molar-refractivity contribution >= 4 is 6.29 Å². The van der Waals surface area contributed by atoms with E-state index in [1.165, 1.54) is 7.11 Å². The second-order valence-corrected chi connectivity index (χ2v) is 4.88. The molecule has 1 aromatic carbocycles. The largest absolute Gasteiger partial charge is 0.493 e. The first kappa shape index (κ1) is 17.5. The minimum Gasteiger partial charge on any atom is -0.493 e. The van der Waals surface area contributed by atoms with Crippen molar-refractivity contribution in [1.82, 2.24) is 0 Å². The third-order valence-electron chi connectivity index (χ3n) is 3.20. The van der Waals surface area contributed by atoms with E-state index in [0.29, 0.717) is 23.5 Å². The van der Waals surface area contributed by atoms with Crippen LogP contribution in [0.5, 0.6) is 11.5 Å². The number of unbranched alkanes of at least 4 members (excludes halogenated alkanes) is 4. The van der Waals surface area contributed by atoms with Gasteiger partial charge in [0.05, 0.1) is 7.11 Å². The average molecular weight is 296 g/mol. The maximum atomic E-state index is 10.7. The number of carbonyl (C=O) groups excluding carboxylic acids is 1. The van der Waals surface area contributed by atoms with Crippen molar-refractivity contribution < 1.29 is 24.5 Å². The highest BCUT2D eigenvalue weighted by Gasteiger charge is 2.11. The third-order valence-corrected chi connectivity index (χ3v) is 3.20. The summed E-state index contributed by atoms with van der Waals surface area (Å²) in [6.07, 6.45) is 5.13. The van der Waals surface area contributed by atoms with Gasteiger partial charge in [0.25, 0.3) is 0 Å². The Labute approximate surface area is 125 Å². The fourth-order valence-electron chi connectivity index (χ4n) is 2.02. The van der Waals surface area contributed by atoms with Crippen LogP contribution in [-0.4, -0.2) is 36.5 Å². The molecule has 0 heterocycles. The summed E-state index contributed by atoms with van der Waals surface area (Å²) in [5.74, 6) is 0.859. The van der Waals surface area contributed by atoms with Gasteiger partial charge in [0.1, 0.15) is 6.29 Å². The monoisotopic (exact) mass is 296 g/mol. The Morgan fingerprint density at radius 2 is 1.86 bits per heavy atom. The molecule has 118 valence electrons. The highest BCUT2D eigenvalue weighted by molar-refractivity contribution is 5.76. The van der Waals surface area contributed by atoms with E-state index in [4.69, 9.17) is 14.6 Å². The standard InChI is InChI=1S/C16H24O5/c1-20-15-11-13(12-18)8-9-14(15)21-16(19)7-5-3-2-4-6-10-17/h8-9,11-12,16-17,19H,2-7,10H2,1H3. The first-order valence-corrected chi connectivity index (χ1v) is 7.30. The quantitative estimate of drug-likeness (QED) is 0.373. The lowest BCUT2D eigenvalue weighted by Crippen LogP contribution is -2.15. The third kappa shape index (κ3) is 6.60. The number of aliphatic hydroxyl groups excluding tert-OH is 2. The van der Waals surface area contributed by atoms with E-state index in [1.54, 1.807) is 18.2 Å². The first-order valence-electron chi connectivity index (χ1n) is 7.30. The zero-order chi connectivity index (χ0) is 15.5. The lowest BCUT2D eigenvalue weighted by molar-refractivity contribution is -0.0261. The molecular formula is C16H24O5. The van der Waals surface area contributed by atoms with Gasteiger partial charge in [-0.25, -0.2) is 0 Å². The summed E-state index contributed by atoms with van der Waals surface area (Å²) in [5.41, 5.74) is 0.498. The van der Waals surface area contributed by atoms with Crippen LogP contribution in [0.15, 0.2) is 18.2 Å². The molecule has 2 N–H and O–H groups in total. The summed E-state index contributed by atoms with van der Waals surface area (Å²) < 4.78 is 10.6. The topological polar surface area (TPSA) is 76.0 Å². The van der Waals surface area contributed by atoms with Gasteiger partial charge < -0.3 is 19.7 Å². The van der Waals surface area contributed by atoms with Crippen LogP contribution in [0.1, 0.15) is 48.9 Å². The normalized spacial score (nSPS) is 12.0. The highest BCUT2D eigenvalue weighted by Crippen LogP contribution is 2.28. The number of carbonyl (C=O) groups is 1. The van der Waals surface area contributed by atoms with Crippen LogP contribution >= 0.6 is 0 Å². The van der Waals surface area contributed by atoms with E-state index in [1.807, 2.05) is 0 Å². The van der Waals surface area contributed by atoms with Crippen LogP contribution < -0.4 is 9.47 Å². The number of aldehydes is 1. The molecule has 0 fully saturated rings. The van der Waals surface area contributed by atoms with Crippen molar-refractivity contribution in [2.75, 3.05) is 13.7 Å². The fraction of sp³-hybridized carbons (Fsp3) is 0.562. The van der Waals surface area contributed by atoms with Gasteiger partial charge in [-0.2, -0.15) is 0 Å². The van der Waals surface area contributed by atoms with Gasteiger partial charge in [-0.3, -0.25) is 4.79 Å². The molecule has 5 heteroatoms. The van der Waals surface area contributed by atoms with E-state index in [2.05, 4.69) is 0 Å². The van der Waals surface area contributed by atoms with Crippen LogP contribution in [-0.2, 0) is 0 Å². The highest BCUT2D eigenvalue weighted by atomic mass is 16.6. The number of methoxy groups -OCH3 is 1. The van der Waals surface area contributed by atoms with Crippen molar-refractivity contribution in [2.45, 2.75) is 44.8 Å². The van der Waals surface area contributed by atoms with Crippen molar-refractivity contribution in [3.05, 3.63) is 23.8 Å². The summed E-state index contributed by atoms with van der Waals surface area (Å²) in [7, 11) is 1.49. The molecule has 0 aromatic heterocycles. The molecule has 1 unspecified atom stereocenters. The maximum absolute atomic E-state index is 10.7. The number of hydrogen-bond donors (Lipinski definition) is 2. The zero-order valence-corrected chi connectivity index (χ0v) is 12.5. The van der Waals surface area contributed by atoms with Crippen molar-refractivity contribution in [3.63, 3.8) is 0 Å². The van der Waals surface area contributed by atoms with Gasteiger partial charge in [0.15, 0.2) is 17.8 Å². The Balaban J connectivity index is 2.36. The number of aliphatic hydroxyl groups is 2. The first-order chi connectivity index (χ1) is 10.2. The smallest absolute Gasteiger partial charge is 0.197 e. The van der Waals surface area contributed by atoms with Crippen LogP contribution in [0.4, 0.5) is 0 Å². The summed E-state index contributed by atoms with van der Waals surface area (Å²) in [6, 6.07) is 4.81. The number of rotatable bonds is 11. The molecule has 0 aliphatic carbocycles. The predicted octanol–water partition coefficient (Wildman–Crippen LogP) is 2.54. The van der Waals surface area contributed by atoms with Crippen LogP contribution in [0.25, 0.3) is 0 Å². The molecule has 0 saturated carbocycles. The lowest BCUT2D eigenvalue weighted by atomic mass is 10.1. The summed E-state index contributed by atoms with van der Waals surface area (Å²) in [4.78, 5) is 10.7. The molecule has 1 aromatic rings. The van der Waals surface area contributed by atoms with E-state index < -0.39 is 6.29 Å². The van der Waals surface area contributed by atoms with Crippen molar-refractivity contribution in [3.8, 4) is 11.5 Å². The van der Waals surface area contributed by atoms with E-state index in [-0.39, 0.29) is 6.61 Å². The molecule has 21 heavy (non-hydrogen) atoms. The summed E-state index contributed by atoms with van der Waals surface area (Å²) in [6.45, 7) is 0.238. The number of benzene rings is 1. The SMILES string of the molecule is COc1cc(C=O)ccc1OC(O)CCCCCCCO. The van der Waals surface area contributed by atoms with Gasteiger partial charge >= 0.3 is 0 Å². The molecule has 0 aliphatic heterocycles. The molecule has 0 spiro atoms. The number of hydrogen-bond acceptors (Lipinski definition) is 5. The predicted molar refractivity (Wildman–Crippen MR) is 79.8 cm³/mol. The van der Waals surface area contributed by atoms with Crippen LogP contribution in [0, 0.1) is 0 Å². The lowest BCUT2D eigenvalue weighted by Gasteiger charge is -2.16. The second-order valence-electron chi connectivity index (χ2n) is 4.88. The zero-order valence-electron chi connectivity index (χ0n) is 12.5. The Kier molecular flexibility index (Phi) is 8.47. The minimum atomic E-state index is -0.890. The van der Waals surface area contributed by atoms with Gasteiger partial charge in [0.2, 0.25) is 0 Å².